The number of hydrogen-bond donors (Lipinski definition) is 2. The molecule has 0 aromatic heterocycles. The summed E-state index contributed by atoms with van der Waals surface area (Å²) in [5.41, 5.74) is 6.63. The zero-order chi connectivity index (χ0) is 12.8. The summed E-state index contributed by atoms with van der Waals surface area (Å²) in [6, 6.07) is 4.86. The lowest BCUT2D eigenvalue weighted by Crippen LogP contribution is -2.26. The average Bonchev–Trinajstić information content (AvgIpc) is 2.27. The highest BCUT2D eigenvalue weighted by Crippen LogP contribution is 2.16. The first-order valence-electron chi connectivity index (χ1n) is 5.40. The predicted octanol–water partition coefficient (Wildman–Crippen LogP) is 2.79. The maximum absolute atomic E-state index is 11.8. The van der Waals surface area contributed by atoms with E-state index in [1.165, 1.54) is 0 Å². The van der Waals surface area contributed by atoms with Gasteiger partial charge in [0.25, 0.3) is 5.91 Å². The van der Waals surface area contributed by atoms with E-state index in [4.69, 9.17) is 17.3 Å². The molecule has 1 atom stereocenters. The Balaban J connectivity index is 2.52. The molecule has 0 spiro atoms. The highest BCUT2D eigenvalue weighted by atomic mass is 35.5. The number of nitrogens with two attached hydrogens (primary N) is 1. The topological polar surface area (TPSA) is 55.1 Å². The van der Waals surface area contributed by atoms with Crippen molar-refractivity contribution < 1.29 is 4.79 Å². The summed E-state index contributed by atoms with van der Waals surface area (Å²) < 4.78 is 0. The number of carbonyl (C=O) groups is 1. The van der Waals surface area contributed by atoms with Gasteiger partial charge < -0.3 is 11.1 Å². The number of thioether (sulfide) groups is 1. The number of benzene rings is 1. The summed E-state index contributed by atoms with van der Waals surface area (Å²) in [6.45, 7) is 2.79. The number of hydrogen-bond acceptors (Lipinski definition) is 3. The number of rotatable bonds is 5. The molecule has 0 aliphatic rings. The van der Waals surface area contributed by atoms with Gasteiger partial charge in [-0.1, -0.05) is 18.5 Å². The minimum Gasteiger partial charge on any atom is -0.399 e. The van der Waals surface area contributed by atoms with Crippen LogP contribution in [0.5, 0.6) is 0 Å². The lowest BCUT2D eigenvalue weighted by molar-refractivity contribution is 0.0953. The van der Waals surface area contributed by atoms with Gasteiger partial charge >= 0.3 is 0 Å². The molecular formula is C12H17ClN2OS. The Bertz CT molecular complexity index is 378. The van der Waals surface area contributed by atoms with Crippen molar-refractivity contribution in [1.82, 2.24) is 5.32 Å². The molecule has 0 aliphatic carbocycles. The minimum atomic E-state index is -0.132. The first-order chi connectivity index (χ1) is 8.02. The zero-order valence-corrected chi connectivity index (χ0v) is 11.6. The van der Waals surface area contributed by atoms with Crippen molar-refractivity contribution >= 4 is 35.0 Å². The summed E-state index contributed by atoms with van der Waals surface area (Å²) in [4.78, 5) is 11.8. The van der Waals surface area contributed by atoms with E-state index in [1.807, 2.05) is 0 Å². The van der Waals surface area contributed by atoms with E-state index < -0.39 is 0 Å². The largest absolute Gasteiger partial charge is 0.399 e. The summed E-state index contributed by atoms with van der Waals surface area (Å²) in [5, 5.41) is 3.87. The van der Waals surface area contributed by atoms with Gasteiger partial charge in [0, 0.05) is 28.1 Å². The molecule has 3 nitrogen and oxygen atoms in total. The quantitative estimate of drug-likeness (QED) is 0.811. The highest BCUT2D eigenvalue weighted by molar-refractivity contribution is 7.99. The molecule has 17 heavy (non-hydrogen) atoms. The van der Waals surface area contributed by atoms with Gasteiger partial charge in [-0.3, -0.25) is 4.79 Å². The fourth-order valence-electron chi connectivity index (χ4n) is 1.35. The van der Waals surface area contributed by atoms with E-state index >= 15 is 0 Å². The van der Waals surface area contributed by atoms with Crippen LogP contribution >= 0.6 is 23.4 Å². The van der Waals surface area contributed by atoms with E-state index in [2.05, 4.69) is 18.5 Å². The molecule has 1 aromatic carbocycles. The first kappa shape index (κ1) is 14.2. The van der Waals surface area contributed by atoms with E-state index in [-0.39, 0.29) is 5.91 Å². The van der Waals surface area contributed by atoms with Crippen LogP contribution in [0.4, 0.5) is 5.69 Å². The second kappa shape index (κ2) is 6.77. The van der Waals surface area contributed by atoms with Crippen LogP contribution in [0.1, 0.15) is 23.7 Å². The smallest absolute Gasteiger partial charge is 0.251 e. The van der Waals surface area contributed by atoms with Crippen molar-refractivity contribution in [2.24, 2.45) is 0 Å². The number of nitrogen functional groups attached to an aromatic ring is 1. The fraction of sp³-hybridized carbons (Fsp3) is 0.417. The van der Waals surface area contributed by atoms with Crippen LogP contribution < -0.4 is 11.1 Å². The number of anilines is 1. The second-order valence-electron chi connectivity index (χ2n) is 3.86. The van der Waals surface area contributed by atoms with Crippen molar-refractivity contribution in [3.63, 3.8) is 0 Å². The normalized spacial score (nSPS) is 12.2. The standard InChI is InChI=1S/C12H17ClN2OS/c1-8(17-2)3-4-15-12(16)9-5-10(13)7-11(14)6-9/h5-8H,3-4,14H2,1-2H3,(H,15,16). The Morgan fingerprint density at radius 3 is 2.82 bits per heavy atom. The molecule has 1 aromatic rings. The first-order valence-corrected chi connectivity index (χ1v) is 7.06. The molecule has 1 rings (SSSR count). The molecule has 5 heteroatoms. The third-order valence-corrected chi connectivity index (χ3v) is 3.68. The van der Waals surface area contributed by atoms with Crippen molar-refractivity contribution in [2.75, 3.05) is 18.5 Å². The van der Waals surface area contributed by atoms with Gasteiger partial charge in [0.2, 0.25) is 0 Å². The molecule has 0 heterocycles. The Hall–Kier alpha value is -0.870. The van der Waals surface area contributed by atoms with Crippen molar-refractivity contribution in [1.29, 1.82) is 0 Å². The molecular weight excluding hydrogens is 256 g/mol. The third kappa shape index (κ3) is 4.88. The van der Waals surface area contributed by atoms with E-state index in [9.17, 15) is 4.79 Å². The van der Waals surface area contributed by atoms with E-state index in [0.717, 1.165) is 6.42 Å². The Labute approximate surface area is 111 Å². The highest BCUT2D eigenvalue weighted by Gasteiger charge is 2.07. The van der Waals surface area contributed by atoms with E-state index in [1.54, 1.807) is 30.0 Å². The maximum atomic E-state index is 11.8. The Morgan fingerprint density at radius 2 is 2.24 bits per heavy atom. The molecule has 0 saturated heterocycles. The maximum Gasteiger partial charge on any atom is 0.251 e. The van der Waals surface area contributed by atoms with E-state index in [0.29, 0.717) is 28.1 Å². The summed E-state index contributed by atoms with van der Waals surface area (Å²) in [5.74, 6) is -0.132. The van der Waals surface area contributed by atoms with Crippen molar-refractivity contribution in [2.45, 2.75) is 18.6 Å². The molecule has 0 bridgehead atoms. The summed E-state index contributed by atoms with van der Waals surface area (Å²) in [6.07, 6.45) is 3.01. The minimum absolute atomic E-state index is 0.132. The molecule has 0 aliphatic heterocycles. The molecule has 3 N–H and O–H groups in total. The van der Waals surface area contributed by atoms with Crippen LogP contribution in [-0.4, -0.2) is 24.0 Å². The van der Waals surface area contributed by atoms with Crippen LogP contribution in [0.3, 0.4) is 0 Å². The van der Waals surface area contributed by atoms with Crippen molar-refractivity contribution in [3.05, 3.63) is 28.8 Å². The lowest BCUT2D eigenvalue weighted by atomic mass is 10.2. The lowest BCUT2D eigenvalue weighted by Gasteiger charge is -2.09. The predicted molar refractivity (Wildman–Crippen MR) is 75.8 cm³/mol. The molecule has 1 unspecified atom stereocenters. The van der Waals surface area contributed by atoms with Crippen LogP contribution in [0.15, 0.2) is 18.2 Å². The molecule has 0 saturated carbocycles. The second-order valence-corrected chi connectivity index (χ2v) is 5.58. The number of carbonyl (C=O) groups excluding carboxylic acids is 1. The van der Waals surface area contributed by atoms with Gasteiger partial charge in [0.05, 0.1) is 0 Å². The molecule has 0 radical (unpaired) electrons. The Kier molecular flexibility index (Phi) is 5.65. The van der Waals surface area contributed by atoms with Gasteiger partial charge in [-0.2, -0.15) is 11.8 Å². The number of nitrogens with one attached hydrogen (secondary N) is 1. The number of amides is 1. The fourth-order valence-corrected chi connectivity index (χ4v) is 1.95. The monoisotopic (exact) mass is 272 g/mol. The third-order valence-electron chi connectivity index (χ3n) is 2.42. The molecule has 1 amide bonds. The molecule has 94 valence electrons. The van der Waals surface area contributed by atoms with Gasteiger partial charge in [0.15, 0.2) is 0 Å². The average molecular weight is 273 g/mol. The Morgan fingerprint density at radius 1 is 1.53 bits per heavy atom. The zero-order valence-electron chi connectivity index (χ0n) is 10.00. The van der Waals surface area contributed by atoms with Crippen LogP contribution in [-0.2, 0) is 0 Å². The van der Waals surface area contributed by atoms with Crippen LogP contribution in [0, 0.1) is 0 Å². The molecule has 0 fully saturated rings. The number of halogens is 1. The summed E-state index contributed by atoms with van der Waals surface area (Å²) in [7, 11) is 0. The SMILES string of the molecule is CSC(C)CCNC(=O)c1cc(N)cc(Cl)c1. The van der Waals surface area contributed by atoms with Crippen LogP contribution in [0.2, 0.25) is 5.02 Å². The van der Waals surface area contributed by atoms with Gasteiger partial charge in [0.1, 0.15) is 0 Å². The van der Waals surface area contributed by atoms with Gasteiger partial charge in [-0.15, -0.1) is 0 Å². The van der Waals surface area contributed by atoms with Crippen molar-refractivity contribution in [3.8, 4) is 0 Å². The van der Waals surface area contributed by atoms with Crippen LogP contribution in [0.25, 0.3) is 0 Å². The van der Waals surface area contributed by atoms with Gasteiger partial charge in [-0.25, -0.2) is 0 Å². The van der Waals surface area contributed by atoms with Gasteiger partial charge in [-0.05, 0) is 30.9 Å². The summed E-state index contributed by atoms with van der Waals surface area (Å²) >= 11 is 7.62.